The van der Waals surface area contributed by atoms with E-state index in [1.165, 1.54) is 11.3 Å². The van der Waals surface area contributed by atoms with Crippen molar-refractivity contribution in [1.82, 2.24) is 4.98 Å². The van der Waals surface area contributed by atoms with Gasteiger partial charge < -0.3 is 9.31 Å². The van der Waals surface area contributed by atoms with Crippen molar-refractivity contribution in [2.45, 2.75) is 38.9 Å². The Morgan fingerprint density at radius 3 is 2.00 bits per heavy atom. The van der Waals surface area contributed by atoms with E-state index in [0.717, 1.165) is 13.3 Å². The zero-order valence-corrected chi connectivity index (χ0v) is 13.5. The highest BCUT2D eigenvalue weighted by atomic mass is 79.9. The van der Waals surface area contributed by atoms with Crippen LogP contribution in [-0.2, 0) is 9.31 Å². The van der Waals surface area contributed by atoms with Crippen LogP contribution in [0.1, 0.15) is 27.7 Å². The molecule has 0 aromatic carbocycles. The van der Waals surface area contributed by atoms with Crippen LogP contribution in [0.15, 0.2) is 8.52 Å². The Hall–Kier alpha value is 0.575. The van der Waals surface area contributed by atoms with Crippen LogP contribution in [-0.4, -0.2) is 23.3 Å². The summed E-state index contributed by atoms with van der Waals surface area (Å²) < 4.78 is 14.5. The van der Waals surface area contributed by atoms with Crippen molar-refractivity contribution in [2.75, 3.05) is 0 Å². The largest absolute Gasteiger partial charge is 0.508 e. The molecule has 0 radical (unpaired) electrons. The molecule has 0 amide bonds. The molecule has 3 nitrogen and oxygen atoms in total. The SMILES string of the molecule is CC1(C)OB(c2sc(Br)nc2Br)OC1(C)C. The molecule has 1 aliphatic rings. The highest BCUT2D eigenvalue weighted by Gasteiger charge is 2.53. The summed E-state index contributed by atoms with van der Waals surface area (Å²) in [6.45, 7) is 8.15. The molecule has 0 spiro atoms. The molecule has 1 fully saturated rings. The minimum absolute atomic E-state index is 0.312. The second-order valence-electron chi connectivity index (χ2n) is 4.71. The van der Waals surface area contributed by atoms with Crippen molar-refractivity contribution in [3.63, 3.8) is 0 Å². The first-order valence-electron chi connectivity index (χ1n) is 4.90. The molecule has 0 bridgehead atoms. The summed E-state index contributed by atoms with van der Waals surface area (Å²) in [5, 5.41) is 0. The highest BCUT2D eigenvalue weighted by molar-refractivity contribution is 9.11. The molecular formula is C9H12BBr2NO2S. The van der Waals surface area contributed by atoms with Crippen molar-refractivity contribution in [3.8, 4) is 0 Å². The van der Waals surface area contributed by atoms with Gasteiger partial charge in [-0.1, -0.05) is 0 Å². The van der Waals surface area contributed by atoms with Gasteiger partial charge in [0, 0.05) is 0 Å². The summed E-state index contributed by atoms with van der Waals surface area (Å²) in [6.07, 6.45) is 0. The molecule has 2 heterocycles. The van der Waals surface area contributed by atoms with Gasteiger partial charge in [-0.05, 0) is 59.6 Å². The van der Waals surface area contributed by atoms with Crippen LogP contribution in [0.4, 0.5) is 0 Å². The fourth-order valence-corrected chi connectivity index (χ4v) is 3.69. The smallest absolute Gasteiger partial charge is 0.399 e. The monoisotopic (exact) mass is 367 g/mol. The van der Waals surface area contributed by atoms with Crippen molar-refractivity contribution in [1.29, 1.82) is 0 Å². The number of hydrogen-bond acceptors (Lipinski definition) is 4. The topological polar surface area (TPSA) is 31.4 Å². The van der Waals surface area contributed by atoms with Gasteiger partial charge in [-0.3, -0.25) is 0 Å². The molecule has 0 unspecified atom stereocenters. The first-order chi connectivity index (χ1) is 7.23. The van der Waals surface area contributed by atoms with Crippen LogP contribution in [0.2, 0.25) is 0 Å². The van der Waals surface area contributed by atoms with Crippen LogP contribution in [0.25, 0.3) is 0 Å². The zero-order chi connectivity index (χ0) is 12.1. The number of thiazole rings is 1. The minimum atomic E-state index is -0.344. The normalized spacial score (nSPS) is 22.8. The number of halogens is 2. The second kappa shape index (κ2) is 4.05. The summed E-state index contributed by atoms with van der Waals surface area (Å²) in [4.78, 5) is 4.24. The highest BCUT2D eigenvalue weighted by Crippen LogP contribution is 2.37. The lowest BCUT2D eigenvalue weighted by Gasteiger charge is -2.32. The van der Waals surface area contributed by atoms with Crippen LogP contribution >= 0.6 is 43.2 Å². The Labute approximate surface area is 116 Å². The van der Waals surface area contributed by atoms with E-state index in [2.05, 4.69) is 36.8 Å². The fraction of sp³-hybridized carbons (Fsp3) is 0.667. The van der Waals surface area contributed by atoms with E-state index in [4.69, 9.17) is 9.31 Å². The fourth-order valence-electron chi connectivity index (χ4n) is 1.38. The quantitative estimate of drug-likeness (QED) is 0.714. The Morgan fingerprint density at radius 1 is 1.12 bits per heavy atom. The molecule has 0 atom stereocenters. The van der Waals surface area contributed by atoms with Gasteiger partial charge in [0.25, 0.3) is 0 Å². The third-order valence-corrected chi connectivity index (χ3v) is 5.45. The van der Waals surface area contributed by atoms with E-state index in [0.29, 0.717) is 0 Å². The van der Waals surface area contributed by atoms with E-state index in [1.807, 2.05) is 27.7 Å². The zero-order valence-electron chi connectivity index (χ0n) is 9.51. The Morgan fingerprint density at radius 2 is 1.62 bits per heavy atom. The number of aromatic nitrogens is 1. The molecule has 1 aromatic rings. The third kappa shape index (κ3) is 2.12. The lowest BCUT2D eigenvalue weighted by Crippen LogP contribution is -2.41. The van der Waals surface area contributed by atoms with E-state index in [9.17, 15) is 0 Å². The average Bonchev–Trinajstić information content (AvgIpc) is 2.51. The van der Waals surface area contributed by atoms with E-state index < -0.39 is 0 Å². The maximum absolute atomic E-state index is 5.94. The lowest BCUT2D eigenvalue weighted by molar-refractivity contribution is 0.00578. The third-order valence-electron chi connectivity index (χ3n) is 3.05. The molecule has 7 heteroatoms. The van der Waals surface area contributed by atoms with Gasteiger partial charge in [-0.2, -0.15) is 0 Å². The molecule has 1 saturated heterocycles. The van der Waals surface area contributed by atoms with Gasteiger partial charge in [-0.25, -0.2) is 4.98 Å². The van der Waals surface area contributed by atoms with Gasteiger partial charge in [0.1, 0.15) is 4.60 Å². The van der Waals surface area contributed by atoms with E-state index in [1.54, 1.807) is 0 Å². The molecule has 88 valence electrons. The first kappa shape index (κ1) is 13.0. The summed E-state index contributed by atoms with van der Waals surface area (Å²) in [7, 11) is -0.344. The summed E-state index contributed by atoms with van der Waals surface area (Å²) in [6, 6.07) is 0. The number of nitrogens with zero attached hydrogens (tertiary/aromatic N) is 1. The molecule has 2 rings (SSSR count). The Balaban J connectivity index is 2.30. The standard InChI is InChI=1S/C9H12BBr2NO2S/c1-8(2)9(3,4)15-10(14-8)5-6(11)13-7(12)16-5/h1-4H3. The van der Waals surface area contributed by atoms with Crippen LogP contribution in [0, 0.1) is 0 Å². The Kier molecular flexibility index (Phi) is 3.30. The molecule has 0 saturated carbocycles. The van der Waals surface area contributed by atoms with Crippen molar-refractivity contribution >= 4 is 55.1 Å². The van der Waals surface area contributed by atoms with Crippen LogP contribution in [0.5, 0.6) is 0 Å². The summed E-state index contributed by atoms with van der Waals surface area (Å²) in [5.74, 6) is 0. The molecule has 1 aromatic heterocycles. The lowest BCUT2D eigenvalue weighted by atomic mass is 9.89. The minimum Gasteiger partial charge on any atom is -0.399 e. The molecule has 16 heavy (non-hydrogen) atoms. The van der Waals surface area contributed by atoms with Gasteiger partial charge in [-0.15, -0.1) is 11.3 Å². The van der Waals surface area contributed by atoms with Crippen molar-refractivity contribution < 1.29 is 9.31 Å². The average molecular weight is 369 g/mol. The van der Waals surface area contributed by atoms with Gasteiger partial charge in [0.15, 0.2) is 3.92 Å². The predicted octanol–water partition coefficient (Wildman–Crippen LogP) is 2.97. The predicted molar refractivity (Wildman–Crippen MR) is 73.2 cm³/mol. The Bertz CT molecular complexity index is 406. The summed E-state index contributed by atoms with van der Waals surface area (Å²) >= 11 is 8.29. The first-order valence-corrected chi connectivity index (χ1v) is 7.30. The van der Waals surface area contributed by atoms with E-state index in [-0.39, 0.29) is 18.3 Å². The van der Waals surface area contributed by atoms with Gasteiger partial charge in [0.2, 0.25) is 0 Å². The van der Waals surface area contributed by atoms with Crippen LogP contribution in [0.3, 0.4) is 0 Å². The molecule has 0 aliphatic carbocycles. The summed E-state index contributed by atoms with van der Waals surface area (Å²) in [5.41, 5.74) is -0.624. The maximum atomic E-state index is 5.94. The second-order valence-corrected chi connectivity index (χ2v) is 7.77. The molecular weight excluding hydrogens is 357 g/mol. The van der Waals surface area contributed by atoms with Crippen LogP contribution < -0.4 is 4.78 Å². The number of hydrogen-bond donors (Lipinski definition) is 0. The molecule has 1 aliphatic heterocycles. The molecule has 0 N–H and O–H groups in total. The van der Waals surface area contributed by atoms with Crippen molar-refractivity contribution in [3.05, 3.63) is 8.52 Å². The van der Waals surface area contributed by atoms with E-state index >= 15 is 0 Å². The van der Waals surface area contributed by atoms with Gasteiger partial charge >= 0.3 is 7.12 Å². The van der Waals surface area contributed by atoms with Gasteiger partial charge in [0.05, 0.1) is 16.0 Å². The van der Waals surface area contributed by atoms with Crippen molar-refractivity contribution in [2.24, 2.45) is 0 Å². The maximum Gasteiger partial charge on any atom is 0.508 e. The number of rotatable bonds is 1.